The second kappa shape index (κ2) is 9.76. The minimum Gasteiger partial charge on any atom is -0.491 e. The summed E-state index contributed by atoms with van der Waals surface area (Å²) in [6.07, 6.45) is 4.73. The van der Waals surface area contributed by atoms with E-state index in [1.165, 1.54) is 0 Å². The minimum atomic E-state index is -0.697. The van der Waals surface area contributed by atoms with Crippen LogP contribution in [0.25, 0.3) is 22.3 Å². The largest absolute Gasteiger partial charge is 0.491 e. The van der Waals surface area contributed by atoms with Crippen LogP contribution in [0.2, 0.25) is 0 Å². The molecule has 3 aromatic heterocycles. The number of nitrogens with two attached hydrogens (primary N) is 1. The van der Waals surface area contributed by atoms with Crippen LogP contribution in [0.15, 0.2) is 61.1 Å². The minimum absolute atomic E-state index is 0.144. The number of rotatable bonds is 9. The Morgan fingerprint density at radius 2 is 1.97 bits per heavy atom. The maximum Gasteiger partial charge on any atom is 0.160 e. The Labute approximate surface area is 187 Å². The van der Waals surface area contributed by atoms with Crippen molar-refractivity contribution in [2.45, 2.75) is 32.5 Å². The van der Waals surface area contributed by atoms with Gasteiger partial charge in [0.1, 0.15) is 18.5 Å². The number of aliphatic hydroxyl groups is 1. The van der Waals surface area contributed by atoms with Crippen LogP contribution in [-0.2, 0) is 6.54 Å². The first kappa shape index (κ1) is 21.7. The average molecular weight is 433 g/mol. The lowest BCUT2D eigenvalue weighted by atomic mass is 10.1. The molecule has 0 bridgehead atoms. The Kier molecular flexibility index (Phi) is 6.63. The van der Waals surface area contributed by atoms with Gasteiger partial charge in [0.2, 0.25) is 0 Å². The van der Waals surface area contributed by atoms with Crippen LogP contribution < -0.4 is 15.8 Å². The van der Waals surface area contributed by atoms with Crippen molar-refractivity contribution in [3.8, 4) is 17.0 Å². The molecule has 1 unspecified atom stereocenters. The highest BCUT2D eigenvalue weighted by Crippen LogP contribution is 2.31. The molecule has 0 aliphatic carbocycles. The van der Waals surface area contributed by atoms with E-state index in [1.54, 1.807) is 12.4 Å². The molecule has 4 aromatic rings. The van der Waals surface area contributed by atoms with Crippen LogP contribution in [0.5, 0.6) is 5.75 Å². The first-order valence-electron chi connectivity index (χ1n) is 10.7. The molecule has 0 aliphatic rings. The van der Waals surface area contributed by atoms with Crippen molar-refractivity contribution in [1.82, 2.24) is 19.7 Å². The zero-order valence-electron chi connectivity index (χ0n) is 18.3. The number of fused-ring (bicyclic) bond motifs is 1. The van der Waals surface area contributed by atoms with Crippen LogP contribution in [0.1, 0.15) is 25.5 Å². The summed E-state index contributed by atoms with van der Waals surface area (Å²) in [6.45, 7) is 5.13. The first-order chi connectivity index (χ1) is 15.5. The SMILES string of the molecule is CC(C)n1ncc2c(NCc3ccncc3)cc(-c3cccc(OCC(O)CN)c3)nc21. The summed E-state index contributed by atoms with van der Waals surface area (Å²) in [7, 11) is 0. The molecule has 3 heterocycles. The second-order valence-corrected chi connectivity index (χ2v) is 7.91. The zero-order chi connectivity index (χ0) is 22.5. The van der Waals surface area contributed by atoms with Crippen LogP contribution >= 0.6 is 0 Å². The molecule has 4 rings (SSSR count). The molecule has 0 amide bonds. The van der Waals surface area contributed by atoms with Gasteiger partial charge < -0.3 is 20.9 Å². The molecule has 0 radical (unpaired) electrons. The fourth-order valence-corrected chi connectivity index (χ4v) is 3.39. The second-order valence-electron chi connectivity index (χ2n) is 7.91. The van der Waals surface area contributed by atoms with E-state index in [0.717, 1.165) is 33.5 Å². The molecular weight excluding hydrogens is 404 g/mol. The van der Waals surface area contributed by atoms with Gasteiger partial charge in [0.15, 0.2) is 5.65 Å². The van der Waals surface area contributed by atoms with Gasteiger partial charge in [-0.25, -0.2) is 9.67 Å². The Morgan fingerprint density at radius 1 is 1.16 bits per heavy atom. The summed E-state index contributed by atoms with van der Waals surface area (Å²) in [4.78, 5) is 9.00. The van der Waals surface area contributed by atoms with E-state index in [4.69, 9.17) is 15.5 Å². The van der Waals surface area contributed by atoms with E-state index in [2.05, 4.69) is 29.2 Å². The summed E-state index contributed by atoms with van der Waals surface area (Å²) in [5.74, 6) is 0.653. The maximum absolute atomic E-state index is 9.69. The fourth-order valence-electron chi connectivity index (χ4n) is 3.39. The van der Waals surface area contributed by atoms with Gasteiger partial charge in [-0.05, 0) is 49.7 Å². The summed E-state index contributed by atoms with van der Waals surface area (Å²) in [6, 6.07) is 13.9. The van der Waals surface area contributed by atoms with Gasteiger partial charge in [-0.2, -0.15) is 5.10 Å². The third kappa shape index (κ3) is 4.87. The molecule has 166 valence electrons. The van der Waals surface area contributed by atoms with Gasteiger partial charge in [-0.15, -0.1) is 0 Å². The number of nitrogens with zero attached hydrogens (tertiary/aromatic N) is 4. The molecule has 8 nitrogen and oxygen atoms in total. The Hall–Kier alpha value is -3.49. The average Bonchev–Trinajstić information content (AvgIpc) is 3.26. The fraction of sp³-hybridized carbons (Fsp3) is 0.292. The molecule has 0 spiro atoms. The van der Waals surface area contributed by atoms with Gasteiger partial charge in [0.05, 0.1) is 17.3 Å². The summed E-state index contributed by atoms with van der Waals surface area (Å²) in [5, 5.41) is 18.7. The van der Waals surface area contributed by atoms with E-state index in [0.29, 0.717) is 12.3 Å². The Bertz CT molecular complexity index is 1180. The van der Waals surface area contributed by atoms with Crippen molar-refractivity contribution in [1.29, 1.82) is 0 Å². The Morgan fingerprint density at radius 3 is 2.72 bits per heavy atom. The van der Waals surface area contributed by atoms with Gasteiger partial charge in [-0.3, -0.25) is 4.98 Å². The van der Waals surface area contributed by atoms with Crippen molar-refractivity contribution in [3.05, 3.63) is 66.6 Å². The van der Waals surface area contributed by atoms with Gasteiger partial charge >= 0.3 is 0 Å². The monoisotopic (exact) mass is 432 g/mol. The molecule has 4 N–H and O–H groups in total. The van der Waals surface area contributed by atoms with E-state index >= 15 is 0 Å². The molecule has 0 aliphatic heterocycles. The van der Waals surface area contributed by atoms with Crippen molar-refractivity contribution < 1.29 is 9.84 Å². The van der Waals surface area contributed by atoms with Crippen LogP contribution in [0.4, 0.5) is 5.69 Å². The topological polar surface area (TPSA) is 111 Å². The van der Waals surface area contributed by atoms with E-state index in [-0.39, 0.29) is 19.2 Å². The lowest BCUT2D eigenvalue weighted by Gasteiger charge is -2.14. The number of aromatic nitrogens is 4. The highest BCUT2D eigenvalue weighted by atomic mass is 16.5. The number of hydrogen-bond donors (Lipinski definition) is 3. The molecule has 1 atom stereocenters. The summed E-state index contributed by atoms with van der Waals surface area (Å²) < 4.78 is 7.62. The molecular formula is C24H28N6O2. The van der Waals surface area contributed by atoms with Crippen LogP contribution in [0, 0.1) is 0 Å². The number of aliphatic hydroxyl groups excluding tert-OH is 1. The van der Waals surface area contributed by atoms with Crippen molar-refractivity contribution >= 4 is 16.7 Å². The quantitative estimate of drug-likeness (QED) is 0.372. The Balaban J connectivity index is 1.70. The molecule has 32 heavy (non-hydrogen) atoms. The number of ether oxygens (including phenoxy) is 1. The number of benzene rings is 1. The molecule has 0 saturated heterocycles. The van der Waals surface area contributed by atoms with Gasteiger partial charge in [0.25, 0.3) is 0 Å². The van der Waals surface area contributed by atoms with E-state index in [9.17, 15) is 5.11 Å². The highest BCUT2D eigenvalue weighted by molar-refractivity contribution is 5.91. The van der Waals surface area contributed by atoms with Crippen molar-refractivity contribution in [2.75, 3.05) is 18.5 Å². The zero-order valence-corrected chi connectivity index (χ0v) is 18.3. The summed E-state index contributed by atoms with van der Waals surface area (Å²) >= 11 is 0. The lowest BCUT2D eigenvalue weighted by molar-refractivity contribution is 0.114. The maximum atomic E-state index is 9.69. The molecule has 0 saturated carbocycles. The third-order valence-corrected chi connectivity index (χ3v) is 5.13. The van der Waals surface area contributed by atoms with Crippen LogP contribution in [-0.4, -0.2) is 44.1 Å². The molecule has 1 aromatic carbocycles. The van der Waals surface area contributed by atoms with Crippen molar-refractivity contribution in [2.24, 2.45) is 5.73 Å². The van der Waals surface area contributed by atoms with Crippen molar-refractivity contribution in [3.63, 3.8) is 0 Å². The molecule has 0 fully saturated rings. The lowest BCUT2D eigenvalue weighted by Crippen LogP contribution is -2.26. The first-order valence-corrected chi connectivity index (χ1v) is 10.7. The third-order valence-electron chi connectivity index (χ3n) is 5.13. The van der Waals surface area contributed by atoms with E-state index < -0.39 is 6.10 Å². The van der Waals surface area contributed by atoms with Crippen LogP contribution in [0.3, 0.4) is 0 Å². The predicted octanol–water partition coefficient (Wildman–Crippen LogP) is 3.38. The number of pyridine rings is 2. The molecule has 8 heteroatoms. The smallest absolute Gasteiger partial charge is 0.160 e. The number of nitrogens with one attached hydrogen (secondary N) is 1. The number of anilines is 1. The highest BCUT2D eigenvalue weighted by Gasteiger charge is 2.15. The van der Waals surface area contributed by atoms with Gasteiger partial charge in [-0.1, -0.05) is 12.1 Å². The summed E-state index contributed by atoms with van der Waals surface area (Å²) in [5.41, 5.74) is 10.1. The van der Waals surface area contributed by atoms with Gasteiger partial charge in [0, 0.05) is 42.8 Å². The predicted molar refractivity (Wildman–Crippen MR) is 125 cm³/mol. The van der Waals surface area contributed by atoms with E-state index in [1.807, 2.05) is 53.3 Å². The number of hydrogen-bond acceptors (Lipinski definition) is 7. The standard InChI is InChI=1S/C24H28N6O2/c1-16(2)30-24-21(14-28-30)23(27-13-17-6-8-26-9-7-17)11-22(29-24)18-4-3-5-20(10-18)32-15-19(31)12-25/h3-11,14,16,19,31H,12-13,15,25H2,1-2H3,(H,27,29). The normalized spacial score (nSPS) is 12.3.